The van der Waals surface area contributed by atoms with Gasteiger partial charge >= 0.3 is 0 Å². The molecule has 1 saturated heterocycles. The minimum absolute atomic E-state index is 0.00460. The zero-order valence-electron chi connectivity index (χ0n) is 20.3. The van der Waals surface area contributed by atoms with Gasteiger partial charge < -0.3 is 15.1 Å². The summed E-state index contributed by atoms with van der Waals surface area (Å²) in [7, 11) is 0. The largest absolute Gasteiger partial charge is 0.368 e. The highest BCUT2D eigenvalue weighted by Gasteiger charge is 2.20. The highest BCUT2D eigenvalue weighted by molar-refractivity contribution is 5.88. The van der Waals surface area contributed by atoms with E-state index in [0.29, 0.717) is 5.82 Å². The molecule has 192 valence electrons. The van der Waals surface area contributed by atoms with Crippen LogP contribution in [0.3, 0.4) is 0 Å². The van der Waals surface area contributed by atoms with E-state index in [1.54, 1.807) is 12.3 Å². The maximum atomic E-state index is 14.9. The molecule has 0 aliphatic carbocycles. The Labute approximate surface area is 211 Å². The zero-order chi connectivity index (χ0) is 26.1. The minimum Gasteiger partial charge on any atom is -0.368 e. The first-order chi connectivity index (χ1) is 17.8. The fraction of sp³-hybridized carbons (Fsp3) is 0.308. The Bertz CT molecular complexity index is 1420. The molecule has 7 nitrogen and oxygen atoms in total. The Morgan fingerprint density at radius 3 is 2.41 bits per heavy atom. The number of pyridine rings is 2. The van der Waals surface area contributed by atoms with Crippen LogP contribution >= 0.6 is 0 Å². The molecule has 0 spiro atoms. The van der Waals surface area contributed by atoms with Crippen molar-refractivity contribution in [3.05, 3.63) is 65.6 Å². The maximum absolute atomic E-state index is 14.9. The summed E-state index contributed by atoms with van der Waals surface area (Å²) >= 11 is 0. The molecule has 0 atom stereocenters. The number of rotatable bonds is 6. The van der Waals surface area contributed by atoms with Gasteiger partial charge in [0.25, 0.3) is 6.43 Å². The van der Waals surface area contributed by atoms with E-state index in [9.17, 15) is 17.6 Å². The van der Waals surface area contributed by atoms with Crippen LogP contribution in [0.4, 0.5) is 35.0 Å². The van der Waals surface area contributed by atoms with Gasteiger partial charge in [-0.3, -0.25) is 4.98 Å². The van der Waals surface area contributed by atoms with Gasteiger partial charge in [0.05, 0.1) is 18.1 Å². The number of likely N-dealkylation sites (N-methyl/N-ethyl adjacent to an activating group) is 1. The van der Waals surface area contributed by atoms with Crippen LogP contribution in [-0.4, -0.2) is 57.6 Å². The van der Waals surface area contributed by atoms with Crippen molar-refractivity contribution < 1.29 is 17.6 Å². The van der Waals surface area contributed by atoms with Gasteiger partial charge in [-0.2, -0.15) is 0 Å². The number of fused-ring (bicyclic) bond motifs is 1. The Balaban J connectivity index is 1.41. The maximum Gasteiger partial charge on any atom is 0.264 e. The lowest BCUT2D eigenvalue weighted by molar-refractivity contribution is 0.153. The average Bonchev–Trinajstić information content (AvgIpc) is 2.90. The van der Waals surface area contributed by atoms with Crippen molar-refractivity contribution in [3.63, 3.8) is 0 Å². The Kier molecular flexibility index (Phi) is 6.88. The molecule has 0 radical (unpaired) electrons. The Hall–Kier alpha value is -3.86. The van der Waals surface area contributed by atoms with Crippen LogP contribution in [0.1, 0.15) is 24.6 Å². The molecule has 0 amide bonds. The predicted octanol–water partition coefficient (Wildman–Crippen LogP) is 5.50. The van der Waals surface area contributed by atoms with Gasteiger partial charge in [0, 0.05) is 48.4 Å². The number of aryl methyl sites for hydroxylation is 1. The van der Waals surface area contributed by atoms with Gasteiger partial charge in [-0.1, -0.05) is 6.92 Å². The minimum atomic E-state index is -2.85. The van der Waals surface area contributed by atoms with Crippen LogP contribution in [0.25, 0.3) is 22.2 Å². The van der Waals surface area contributed by atoms with Crippen molar-refractivity contribution in [2.75, 3.05) is 42.9 Å². The topological polar surface area (TPSA) is 70.1 Å². The molecule has 4 heterocycles. The molecular formula is C26H25F4N7. The van der Waals surface area contributed by atoms with Gasteiger partial charge in [-0.05, 0) is 43.8 Å². The summed E-state index contributed by atoms with van der Waals surface area (Å²) in [6.07, 6.45) is -0.167. The van der Waals surface area contributed by atoms with E-state index in [0.717, 1.165) is 50.7 Å². The third kappa shape index (κ3) is 5.17. The van der Waals surface area contributed by atoms with Gasteiger partial charge in [-0.15, -0.1) is 0 Å². The number of anilines is 3. The first kappa shape index (κ1) is 24.8. The van der Waals surface area contributed by atoms with E-state index in [2.05, 4.69) is 42.0 Å². The molecular weight excluding hydrogens is 486 g/mol. The molecule has 37 heavy (non-hydrogen) atoms. The van der Waals surface area contributed by atoms with Crippen LogP contribution in [0, 0.1) is 18.6 Å². The number of nitrogens with one attached hydrogen (secondary N) is 1. The molecule has 5 rings (SSSR count). The average molecular weight is 512 g/mol. The fourth-order valence-corrected chi connectivity index (χ4v) is 4.48. The lowest BCUT2D eigenvalue weighted by Crippen LogP contribution is -2.46. The molecule has 0 unspecified atom stereocenters. The number of benzene rings is 1. The van der Waals surface area contributed by atoms with E-state index in [1.807, 2.05) is 6.07 Å². The number of piperazine rings is 1. The molecule has 1 N–H and O–H groups in total. The summed E-state index contributed by atoms with van der Waals surface area (Å²) in [5, 5.41) is 2.83. The molecule has 3 aromatic heterocycles. The van der Waals surface area contributed by atoms with Crippen molar-refractivity contribution in [2.45, 2.75) is 20.3 Å². The quantitative estimate of drug-likeness (QED) is 0.343. The van der Waals surface area contributed by atoms with E-state index < -0.39 is 18.1 Å². The molecule has 1 aliphatic heterocycles. The number of halogens is 4. The third-order valence-electron chi connectivity index (χ3n) is 6.45. The van der Waals surface area contributed by atoms with Crippen LogP contribution in [0.5, 0.6) is 0 Å². The first-order valence-electron chi connectivity index (χ1n) is 11.9. The zero-order valence-corrected chi connectivity index (χ0v) is 20.3. The van der Waals surface area contributed by atoms with Crippen molar-refractivity contribution >= 4 is 28.4 Å². The summed E-state index contributed by atoms with van der Waals surface area (Å²) in [6.45, 7) is 8.50. The van der Waals surface area contributed by atoms with E-state index in [1.165, 1.54) is 19.1 Å². The number of hydrogen-bond acceptors (Lipinski definition) is 7. The summed E-state index contributed by atoms with van der Waals surface area (Å²) in [6, 6.07) is 7.20. The molecule has 1 fully saturated rings. The standard InChI is InChI=1S/C26H25F4N7/c1-3-36-6-8-37(9-7-36)17-4-5-22(31-13-17)34-26-32-14-21(28)23(35-26)16-11-18-19(25(29)30)10-15(2)33-24(18)20(27)12-16/h4-5,10-14,25H,3,6-9H2,1-2H3,(H,31,32,34,35). The van der Waals surface area contributed by atoms with Crippen molar-refractivity contribution in [1.82, 2.24) is 24.8 Å². The second-order valence-electron chi connectivity index (χ2n) is 8.85. The third-order valence-corrected chi connectivity index (χ3v) is 6.45. The summed E-state index contributed by atoms with van der Waals surface area (Å²) in [5.41, 5.74) is 0.437. The second-order valence-corrected chi connectivity index (χ2v) is 8.85. The number of hydrogen-bond donors (Lipinski definition) is 1. The molecule has 1 aliphatic rings. The summed E-state index contributed by atoms with van der Waals surface area (Å²) in [5.74, 6) is -1.19. The monoisotopic (exact) mass is 511 g/mol. The van der Waals surface area contributed by atoms with Gasteiger partial charge in [0.1, 0.15) is 22.8 Å². The first-order valence-corrected chi connectivity index (χ1v) is 11.9. The Morgan fingerprint density at radius 2 is 1.73 bits per heavy atom. The van der Waals surface area contributed by atoms with Crippen molar-refractivity contribution in [3.8, 4) is 11.3 Å². The highest BCUT2D eigenvalue weighted by atomic mass is 19.3. The second kappa shape index (κ2) is 10.3. The number of nitrogens with zero attached hydrogens (tertiary/aromatic N) is 6. The summed E-state index contributed by atoms with van der Waals surface area (Å²) < 4.78 is 56.8. The molecule has 0 saturated carbocycles. The van der Waals surface area contributed by atoms with Crippen LogP contribution in [-0.2, 0) is 0 Å². The van der Waals surface area contributed by atoms with E-state index >= 15 is 0 Å². The SMILES string of the molecule is CCN1CCN(c2ccc(Nc3ncc(F)c(-c4cc(F)c5nc(C)cc(C(F)F)c5c4)n3)nc2)CC1. The van der Waals surface area contributed by atoms with E-state index in [-0.39, 0.29) is 39.4 Å². The smallest absolute Gasteiger partial charge is 0.264 e. The normalized spacial score (nSPS) is 14.5. The Morgan fingerprint density at radius 1 is 0.946 bits per heavy atom. The van der Waals surface area contributed by atoms with Gasteiger partial charge in [0.15, 0.2) is 5.82 Å². The fourth-order valence-electron chi connectivity index (χ4n) is 4.48. The van der Waals surface area contributed by atoms with Gasteiger partial charge in [-0.25, -0.2) is 32.5 Å². The molecule has 0 bridgehead atoms. The van der Waals surface area contributed by atoms with Crippen molar-refractivity contribution in [2.24, 2.45) is 0 Å². The molecule has 11 heteroatoms. The van der Waals surface area contributed by atoms with Crippen molar-refractivity contribution in [1.29, 1.82) is 0 Å². The van der Waals surface area contributed by atoms with Crippen LogP contribution < -0.4 is 10.2 Å². The molecule has 4 aromatic rings. The van der Waals surface area contributed by atoms with E-state index in [4.69, 9.17) is 0 Å². The predicted molar refractivity (Wildman–Crippen MR) is 134 cm³/mol. The lowest BCUT2D eigenvalue weighted by Gasteiger charge is -2.35. The lowest BCUT2D eigenvalue weighted by atomic mass is 10.0. The molecule has 1 aromatic carbocycles. The number of alkyl halides is 2. The van der Waals surface area contributed by atoms with Crippen LogP contribution in [0.15, 0.2) is 42.7 Å². The van der Waals surface area contributed by atoms with Crippen LogP contribution in [0.2, 0.25) is 0 Å². The highest BCUT2D eigenvalue weighted by Crippen LogP contribution is 2.33. The van der Waals surface area contributed by atoms with Gasteiger partial charge in [0.2, 0.25) is 5.95 Å². The number of aromatic nitrogens is 4. The summed E-state index contributed by atoms with van der Waals surface area (Å²) in [4.78, 5) is 21.2.